The van der Waals surface area contributed by atoms with Crippen LogP contribution in [-0.2, 0) is 17.9 Å². The summed E-state index contributed by atoms with van der Waals surface area (Å²) in [6.07, 6.45) is 4.47. The van der Waals surface area contributed by atoms with Gasteiger partial charge in [-0.15, -0.1) is 0 Å². The van der Waals surface area contributed by atoms with Crippen molar-refractivity contribution in [3.05, 3.63) is 57.8 Å². The lowest BCUT2D eigenvalue weighted by molar-refractivity contribution is -0.126. The Morgan fingerprint density at radius 2 is 1.98 bits per heavy atom. The van der Waals surface area contributed by atoms with Crippen LogP contribution in [0, 0.1) is 17.6 Å². The number of carbonyl (C=O) groups is 2. The van der Waals surface area contributed by atoms with Crippen LogP contribution in [0.15, 0.2) is 29.3 Å². The third-order valence-corrected chi connectivity index (χ3v) is 8.20. The molecule has 13 nitrogen and oxygen atoms in total. The van der Waals surface area contributed by atoms with E-state index >= 15 is 0 Å². The number of aromatic hydroxyl groups is 1. The fourth-order valence-corrected chi connectivity index (χ4v) is 5.95. The van der Waals surface area contributed by atoms with Crippen LogP contribution in [0.5, 0.6) is 5.75 Å². The number of aromatic nitrogens is 6. The fourth-order valence-electron chi connectivity index (χ4n) is 5.95. The van der Waals surface area contributed by atoms with E-state index in [0.29, 0.717) is 55.5 Å². The van der Waals surface area contributed by atoms with E-state index in [0.717, 1.165) is 12.4 Å². The summed E-state index contributed by atoms with van der Waals surface area (Å²) in [6.45, 7) is 4.51. The molecule has 6 rings (SSSR count). The van der Waals surface area contributed by atoms with Crippen LogP contribution in [0.4, 0.5) is 14.6 Å². The Hall–Kier alpha value is -4.95. The summed E-state index contributed by atoms with van der Waals surface area (Å²) in [6, 6.07) is 2.12. The quantitative estimate of drug-likeness (QED) is 0.247. The summed E-state index contributed by atoms with van der Waals surface area (Å²) in [7, 11) is 0. The van der Waals surface area contributed by atoms with Gasteiger partial charge < -0.3 is 25.2 Å². The minimum absolute atomic E-state index is 0.00238. The summed E-state index contributed by atoms with van der Waals surface area (Å²) in [5.41, 5.74) is 0.240. The number of amides is 2. The smallest absolute Gasteiger partial charge is 0.274 e. The average molecular weight is 608 g/mol. The molecule has 5 heterocycles. The zero-order chi connectivity index (χ0) is 31.1. The van der Waals surface area contributed by atoms with Crippen LogP contribution >= 0.6 is 0 Å². The van der Waals surface area contributed by atoms with E-state index in [1.54, 1.807) is 9.47 Å². The highest BCUT2D eigenvalue weighted by Gasteiger charge is 2.32. The predicted molar refractivity (Wildman–Crippen MR) is 155 cm³/mol. The minimum atomic E-state index is -0.683. The van der Waals surface area contributed by atoms with Gasteiger partial charge in [-0.25, -0.2) is 23.7 Å². The van der Waals surface area contributed by atoms with Crippen LogP contribution in [0.3, 0.4) is 0 Å². The molecular weight excluding hydrogens is 576 g/mol. The number of fused-ring (bicyclic) bond motifs is 2. The number of pyridine rings is 2. The number of hydrogen-bond donors (Lipinski definition) is 4. The van der Waals surface area contributed by atoms with Crippen molar-refractivity contribution in [2.45, 2.75) is 64.7 Å². The van der Waals surface area contributed by atoms with Crippen LogP contribution < -0.4 is 16.1 Å². The number of carbonyl (C=O) groups excluding carboxylic acids is 2. The van der Waals surface area contributed by atoms with Gasteiger partial charge in [0.25, 0.3) is 5.91 Å². The molecule has 1 fully saturated rings. The van der Waals surface area contributed by atoms with Gasteiger partial charge in [-0.1, -0.05) is 6.42 Å². The molecule has 0 radical (unpaired) electrons. The second-order valence-electron chi connectivity index (χ2n) is 11.4. The molecule has 0 bridgehead atoms. The van der Waals surface area contributed by atoms with Crippen molar-refractivity contribution in [3.63, 3.8) is 0 Å². The molecule has 0 saturated heterocycles. The summed E-state index contributed by atoms with van der Waals surface area (Å²) >= 11 is 0. The van der Waals surface area contributed by atoms with Gasteiger partial charge in [0.2, 0.25) is 11.3 Å². The van der Waals surface area contributed by atoms with Crippen molar-refractivity contribution in [3.8, 4) is 17.3 Å². The van der Waals surface area contributed by atoms with Gasteiger partial charge in [-0.2, -0.15) is 5.10 Å². The Balaban J connectivity index is 1.14. The molecule has 44 heavy (non-hydrogen) atoms. The maximum absolute atomic E-state index is 14.8. The van der Waals surface area contributed by atoms with Gasteiger partial charge in [0.1, 0.15) is 11.5 Å². The molecule has 4 N–H and O–H groups in total. The van der Waals surface area contributed by atoms with Crippen molar-refractivity contribution in [1.82, 2.24) is 39.9 Å². The molecule has 4 aromatic rings. The van der Waals surface area contributed by atoms with Crippen molar-refractivity contribution in [1.29, 1.82) is 0 Å². The number of hydrogen-bond acceptors (Lipinski definition) is 9. The number of aromatic amines is 1. The van der Waals surface area contributed by atoms with Crippen molar-refractivity contribution >= 4 is 28.7 Å². The van der Waals surface area contributed by atoms with Gasteiger partial charge >= 0.3 is 0 Å². The lowest BCUT2D eigenvalue weighted by atomic mass is 9.85. The van der Waals surface area contributed by atoms with Gasteiger partial charge in [0.15, 0.2) is 34.6 Å². The fraction of sp³-hybridized carbons (Fsp3) is 0.414. The summed E-state index contributed by atoms with van der Waals surface area (Å²) in [5, 5.41) is 23.5. The number of nitrogens with one attached hydrogen (secondary N) is 3. The second-order valence-corrected chi connectivity index (χ2v) is 11.4. The Kier molecular flexibility index (Phi) is 7.69. The molecule has 0 unspecified atom stereocenters. The van der Waals surface area contributed by atoms with Crippen LogP contribution in [0.1, 0.15) is 55.7 Å². The number of anilines is 1. The largest absolute Gasteiger partial charge is 0.503 e. The first-order valence-corrected chi connectivity index (χ1v) is 14.4. The maximum Gasteiger partial charge on any atom is 0.274 e. The van der Waals surface area contributed by atoms with E-state index in [1.807, 2.05) is 13.8 Å². The first-order valence-electron chi connectivity index (χ1n) is 14.4. The SMILES string of the molecule is CC(C)N1CCn2c(CNC(=O)[C@H]3CCC[C@@H](Nc4nc(-c5[nH]nc6ncc(F)cc56)ncc4F)C3)cc(=O)c(O)c2C1=O. The number of halogens is 2. The highest BCUT2D eigenvalue weighted by molar-refractivity contribution is 5.96. The molecule has 2 atom stereocenters. The zero-order valence-corrected chi connectivity index (χ0v) is 24.1. The number of H-pyrrole nitrogens is 1. The molecule has 230 valence electrons. The van der Waals surface area contributed by atoms with Gasteiger partial charge in [-0.05, 0) is 39.2 Å². The molecule has 1 saturated carbocycles. The molecule has 1 aliphatic carbocycles. The first kappa shape index (κ1) is 29.1. The third kappa shape index (κ3) is 5.44. The van der Waals surface area contributed by atoms with E-state index in [2.05, 4.69) is 35.8 Å². The highest BCUT2D eigenvalue weighted by Crippen LogP contribution is 2.29. The lowest BCUT2D eigenvalue weighted by Gasteiger charge is -2.34. The number of nitrogens with zero attached hydrogens (tertiary/aromatic N) is 6. The van der Waals surface area contributed by atoms with E-state index < -0.39 is 28.7 Å². The third-order valence-electron chi connectivity index (χ3n) is 8.20. The minimum Gasteiger partial charge on any atom is -0.503 e. The summed E-state index contributed by atoms with van der Waals surface area (Å²) in [4.78, 5) is 52.5. The first-order chi connectivity index (χ1) is 21.1. The Labute approximate surface area is 249 Å². The summed E-state index contributed by atoms with van der Waals surface area (Å²) in [5.74, 6) is -2.84. The molecular formula is C29H31F2N9O4. The molecule has 4 aromatic heterocycles. The molecule has 2 aliphatic rings. The predicted octanol–water partition coefficient (Wildman–Crippen LogP) is 2.71. The monoisotopic (exact) mass is 607 g/mol. The van der Waals surface area contributed by atoms with Gasteiger partial charge in [-0.3, -0.25) is 19.5 Å². The normalized spacial score (nSPS) is 18.5. The summed E-state index contributed by atoms with van der Waals surface area (Å²) < 4.78 is 30.1. The topological polar surface area (TPSA) is 171 Å². The molecule has 2 amide bonds. The average Bonchev–Trinajstić information content (AvgIpc) is 3.42. The highest BCUT2D eigenvalue weighted by atomic mass is 19.1. The number of rotatable bonds is 7. The van der Waals surface area contributed by atoms with Crippen LogP contribution in [0.25, 0.3) is 22.6 Å². The molecule has 0 spiro atoms. The van der Waals surface area contributed by atoms with Gasteiger partial charge in [0.05, 0.1) is 24.3 Å². The Morgan fingerprint density at radius 1 is 1.16 bits per heavy atom. The standard InChI is InChI=1S/C29H31F2N9O4/c1-14(2)39-6-7-40-18(10-21(41)24(42)23(40)29(39)44)12-34-28(43)15-4-3-5-17(8-15)35-26-20(31)13-33-27(36-26)22-19-9-16(30)11-32-25(19)38-37-22/h9-11,13-15,17,42H,3-8,12H2,1-2H3,(H,34,43)(H,32,37,38)(H,33,35,36)/t15-,17+/m0/s1. The van der Waals surface area contributed by atoms with E-state index in [-0.39, 0.29) is 53.4 Å². The second kappa shape index (κ2) is 11.6. The molecule has 15 heteroatoms. The van der Waals surface area contributed by atoms with Crippen LogP contribution in [-0.4, -0.2) is 70.2 Å². The maximum atomic E-state index is 14.8. The van der Waals surface area contributed by atoms with E-state index in [1.165, 1.54) is 12.1 Å². The van der Waals surface area contributed by atoms with Crippen molar-refractivity contribution in [2.75, 3.05) is 11.9 Å². The van der Waals surface area contributed by atoms with E-state index in [9.17, 15) is 28.3 Å². The van der Waals surface area contributed by atoms with Crippen molar-refractivity contribution < 1.29 is 23.5 Å². The Bertz CT molecular complexity index is 1820. The zero-order valence-electron chi connectivity index (χ0n) is 24.1. The Morgan fingerprint density at radius 3 is 2.77 bits per heavy atom. The molecule has 1 aliphatic heterocycles. The lowest BCUT2D eigenvalue weighted by Crippen LogP contribution is -2.46. The van der Waals surface area contributed by atoms with Gasteiger partial charge in [0, 0.05) is 42.9 Å². The van der Waals surface area contributed by atoms with E-state index in [4.69, 9.17) is 0 Å². The van der Waals surface area contributed by atoms with Crippen molar-refractivity contribution in [2.24, 2.45) is 5.92 Å². The van der Waals surface area contributed by atoms with Crippen LogP contribution in [0.2, 0.25) is 0 Å². The molecule has 0 aromatic carbocycles.